The molecule has 0 saturated carbocycles. The van der Waals surface area contributed by atoms with E-state index in [0.717, 1.165) is 23.1 Å². The Hall–Kier alpha value is -3.90. The van der Waals surface area contributed by atoms with Crippen molar-refractivity contribution in [3.63, 3.8) is 0 Å². The van der Waals surface area contributed by atoms with E-state index < -0.39 is 6.04 Å². The molecule has 4 aromatic rings. The van der Waals surface area contributed by atoms with E-state index in [1.807, 2.05) is 61.5 Å². The van der Waals surface area contributed by atoms with Crippen LogP contribution in [0.15, 0.2) is 89.1 Å². The topological polar surface area (TPSA) is 71.3 Å². The lowest BCUT2D eigenvalue weighted by atomic mass is 9.94. The molecule has 2 heterocycles. The van der Waals surface area contributed by atoms with Gasteiger partial charge in [0.2, 0.25) is 5.82 Å². The van der Waals surface area contributed by atoms with Gasteiger partial charge >= 0.3 is 6.03 Å². The number of carbonyl (C=O) groups excluding carboxylic acids is 1. The van der Waals surface area contributed by atoms with Crippen LogP contribution in [0.4, 0.5) is 10.5 Å². The number of allylic oxidation sites excluding steroid dienone is 1. The summed E-state index contributed by atoms with van der Waals surface area (Å²) in [4.78, 5) is 19.5. The molecule has 1 N–H and O–H groups in total. The fourth-order valence-corrected chi connectivity index (χ4v) is 4.37. The largest absolute Gasteiger partial charge is 0.334 e. The van der Waals surface area contributed by atoms with Crippen LogP contribution in [0.2, 0.25) is 5.02 Å². The van der Waals surface area contributed by atoms with Gasteiger partial charge in [-0.3, -0.25) is 4.90 Å². The van der Waals surface area contributed by atoms with Crippen molar-refractivity contribution >= 4 is 28.9 Å². The average molecular weight is 471 g/mol. The van der Waals surface area contributed by atoms with Crippen LogP contribution in [0.3, 0.4) is 0 Å². The number of nitrogens with zero attached hydrogens (tertiary/aromatic N) is 3. The second-order valence-corrected chi connectivity index (χ2v) is 8.52. The zero-order chi connectivity index (χ0) is 23.7. The third kappa shape index (κ3) is 4.08. The highest BCUT2D eigenvalue weighted by Gasteiger charge is 2.36. The zero-order valence-corrected chi connectivity index (χ0v) is 19.6. The van der Waals surface area contributed by atoms with Crippen molar-refractivity contribution in [2.24, 2.45) is 0 Å². The van der Waals surface area contributed by atoms with E-state index in [2.05, 4.69) is 29.5 Å². The maximum atomic E-state index is 13.2. The van der Waals surface area contributed by atoms with Gasteiger partial charge in [0.25, 0.3) is 5.89 Å². The Kier molecular flexibility index (Phi) is 5.90. The average Bonchev–Trinajstić information content (AvgIpc) is 3.34. The SMILES string of the molecule is CCc1ccc(-c2noc(C3=C(C)N(c4cccc(Cl)c4)C(=O)NC3c3ccccc3)n2)cc1. The number of urea groups is 1. The molecular formula is C27H23ClN4O2. The highest BCUT2D eigenvalue weighted by Crippen LogP contribution is 2.39. The standard InChI is InChI=1S/C27H23ClN4O2/c1-3-18-12-14-20(15-13-18)25-30-26(34-31-25)23-17(2)32(22-11-7-10-21(28)16-22)27(33)29-24(23)19-8-5-4-6-9-19/h4-16,24H,3H2,1-2H3,(H,29,33). The summed E-state index contributed by atoms with van der Waals surface area (Å²) < 4.78 is 5.76. The summed E-state index contributed by atoms with van der Waals surface area (Å²) in [6, 6.07) is 24.3. The van der Waals surface area contributed by atoms with Crippen LogP contribution in [0.5, 0.6) is 0 Å². The molecular weight excluding hydrogens is 448 g/mol. The van der Waals surface area contributed by atoms with Gasteiger partial charge in [0.1, 0.15) is 0 Å². The van der Waals surface area contributed by atoms with Crippen LogP contribution < -0.4 is 10.2 Å². The predicted molar refractivity (Wildman–Crippen MR) is 133 cm³/mol. The first-order valence-electron chi connectivity index (χ1n) is 11.1. The van der Waals surface area contributed by atoms with E-state index in [1.165, 1.54) is 5.56 Å². The van der Waals surface area contributed by atoms with Crippen molar-refractivity contribution in [3.8, 4) is 11.4 Å². The fourth-order valence-electron chi connectivity index (χ4n) is 4.18. The van der Waals surface area contributed by atoms with Crippen LogP contribution in [0.25, 0.3) is 17.0 Å². The Morgan fingerprint density at radius 3 is 2.50 bits per heavy atom. The molecule has 0 aliphatic carbocycles. The Labute approximate surface area is 202 Å². The zero-order valence-electron chi connectivity index (χ0n) is 18.8. The van der Waals surface area contributed by atoms with E-state index in [4.69, 9.17) is 21.1 Å². The number of anilines is 1. The molecule has 5 rings (SSSR count). The smallest absolute Gasteiger partial charge is 0.326 e. The highest BCUT2D eigenvalue weighted by atomic mass is 35.5. The van der Waals surface area contributed by atoms with Crippen LogP contribution in [0.1, 0.15) is 36.9 Å². The lowest BCUT2D eigenvalue weighted by Gasteiger charge is -2.35. The molecule has 2 amide bonds. The van der Waals surface area contributed by atoms with E-state index >= 15 is 0 Å². The molecule has 0 fully saturated rings. The number of benzene rings is 3. The maximum Gasteiger partial charge on any atom is 0.326 e. The Bertz CT molecular complexity index is 1360. The van der Waals surface area contributed by atoms with Crippen molar-refractivity contribution in [1.29, 1.82) is 0 Å². The molecule has 6 nitrogen and oxygen atoms in total. The number of aromatic nitrogens is 2. The van der Waals surface area contributed by atoms with Crippen molar-refractivity contribution in [2.75, 3.05) is 4.90 Å². The van der Waals surface area contributed by atoms with E-state index in [0.29, 0.717) is 28.1 Å². The lowest BCUT2D eigenvalue weighted by molar-refractivity contribution is 0.244. The van der Waals surface area contributed by atoms with Crippen LogP contribution in [0, 0.1) is 0 Å². The summed E-state index contributed by atoms with van der Waals surface area (Å²) in [6.07, 6.45) is 0.960. The summed E-state index contributed by atoms with van der Waals surface area (Å²) >= 11 is 6.21. The van der Waals surface area contributed by atoms with Crippen molar-refractivity contribution in [1.82, 2.24) is 15.5 Å². The molecule has 0 bridgehead atoms. The number of aryl methyl sites for hydroxylation is 1. The molecule has 1 atom stereocenters. The molecule has 1 aromatic heterocycles. The van der Waals surface area contributed by atoms with Gasteiger partial charge in [-0.05, 0) is 42.7 Å². The normalized spacial score (nSPS) is 16.0. The molecule has 7 heteroatoms. The summed E-state index contributed by atoms with van der Waals surface area (Å²) in [6.45, 7) is 3.99. The Balaban J connectivity index is 1.63. The summed E-state index contributed by atoms with van der Waals surface area (Å²) in [5.74, 6) is 0.851. The number of hydrogen-bond donors (Lipinski definition) is 1. The van der Waals surface area contributed by atoms with Gasteiger partial charge < -0.3 is 9.84 Å². The second kappa shape index (κ2) is 9.15. The quantitative estimate of drug-likeness (QED) is 0.354. The predicted octanol–water partition coefficient (Wildman–Crippen LogP) is 6.65. The maximum absolute atomic E-state index is 13.2. The van der Waals surface area contributed by atoms with Gasteiger partial charge in [-0.15, -0.1) is 0 Å². The number of amides is 2. The molecule has 0 saturated heterocycles. The molecule has 0 spiro atoms. The van der Waals surface area contributed by atoms with Crippen molar-refractivity contribution < 1.29 is 9.32 Å². The third-order valence-corrected chi connectivity index (χ3v) is 6.20. The molecule has 1 unspecified atom stereocenters. The molecule has 1 aliphatic heterocycles. The summed E-state index contributed by atoms with van der Waals surface area (Å²) in [5.41, 5.74) is 5.10. The molecule has 0 radical (unpaired) electrons. The van der Waals surface area contributed by atoms with Gasteiger partial charge in [0, 0.05) is 16.3 Å². The fraction of sp³-hybridized carbons (Fsp3) is 0.148. The first-order valence-corrected chi connectivity index (χ1v) is 11.5. The van der Waals surface area contributed by atoms with Crippen molar-refractivity contribution in [2.45, 2.75) is 26.3 Å². The molecule has 1 aliphatic rings. The van der Waals surface area contributed by atoms with Gasteiger partial charge in [-0.2, -0.15) is 4.98 Å². The van der Waals surface area contributed by atoms with Crippen LogP contribution in [-0.4, -0.2) is 16.2 Å². The number of halogens is 1. The monoisotopic (exact) mass is 470 g/mol. The van der Waals surface area contributed by atoms with Gasteiger partial charge in [-0.25, -0.2) is 4.79 Å². The number of rotatable bonds is 5. The molecule has 34 heavy (non-hydrogen) atoms. The molecule has 3 aromatic carbocycles. The third-order valence-electron chi connectivity index (χ3n) is 5.96. The van der Waals surface area contributed by atoms with E-state index in [-0.39, 0.29) is 6.03 Å². The first-order chi connectivity index (χ1) is 16.5. The number of hydrogen-bond acceptors (Lipinski definition) is 4. The minimum Gasteiger partial charge on any atom is -0.334 e. The Morgan fingerprint density at radius 1 is 1.03 bits per heavy atom. The van der Waals surface area contributed by atoms with Gasteiger partial charge in [0.05, 0.1) is 17.3 Å². The summed E-state index contributed by atoms with van der Waals surface area (Å²) in [7, 11) is 0. The second-order valence-electron chi connectivity index (χ2n) is 8.08. The van der Waals surface area contributed by atoms with Crippen molar-refractivity contribution in [3.05, 3.63) is 107 Å². The lowest BCUT2D eigenvalue weighted by Crippen LogP contribution is -2.46. The first kappa shape index (κ1) is 21.9. The Morgan fingerprint density at radius 2 is 1.79 bits per heavy atom. The van der Waals surface area contributed by atoms with Crippen LogP contribution in [-0.2, 0) is 6.42 Å². The van der Waals surface area contributed by atoms with Gasteiger partial charge in [0.15, 0.2) is 0 Å². The minimum atomic E-state index is -0.445. The number of nitrogens with one attached hydrogen (secondary N) is 1. The molecule has 170 valence electrons. The minimum absolute atomic E-state index is 0.257. The van der Waals surface area contributed by atoms with E-state index in [9.17, 15) is 4.79 Å². The summed E-state index contributed by atoms with van der Waals surface area (Å²) in [5, 5.41) is 7.88. The van der Waals surface area contributed by atoms with Gasteiger partial charge in [-0.1, -0.05) is 84.3 Å². The highest BCUT2D eigenvalue weighted by molar-refractivity contribution is 6.31. The van der Waals surface area contributed by atoms with Crippen LogP contribution >= 0.6 is 11.6 Å². The number of carbonyl (C=O) groups is 1. The van der Waals surface area contributed by atoms with E-state index in [1.54, 1.807) is 17.0 Å².